The maximum atomic E-state index is 12.2. The lowest BCUT2D eigenvalue weighted by atomic mass is 10.1. The summed E-state index contributed by atoms with van der Waals surface area (Å²) >= 11 is 3.03. The van der Waals surface area contributed by atoms with E-state index in [9.17, 15) is 23.1 Å². The van der Waals surface area contributed by atoms with Crippen LogP contribution in [0.4, 0.5) is 13.2 Å². The molecule has 3 aromatic carbocycles. The van der Waals surface area contributed by atoms with Gasteiger partial charge in [-0.3, -0.25) is 4.72 Å². The molecule has 33 heavy (non-hydrogen) atoms. The number of hydrogen-bond acceptors (Lipinski definition) is 6. The van der Waals surface area contributed by atoms with E-state index < -0.39 is 12.3 Å². The number of carboxylic acids is 1. The Kier molecular flexibility index (Phi) is 8.54. The van der Waals surface area contributed by atoms with E-state index in [4.69, 9.17) is 4.74 Å². The molecule has 0 heterocycles. The number of carbonyl (C=O) groups is 1. The molecule has 0 aliphatic carbocycles. The van der Waals surface area contributed by atoms with E-state index >= 15 is 0 Å². The van der Waals surface area contributed by atoms with Crippen molar-refractivity contribution in [3.05, 3.63) is 77.9 Å². The highest BCUT2D eigenvalue weighted by Gasteiger charge is 2.30. The largest absolute Gasteiger partial charge is 0.573 e. The standard InChI is InChI=1S/C23H20F3NO4S2/c1-15-2-9-20(14-21(15)22(28)29)33-27-12-13-32-19-10-7-17(8-11-19)30-16-3-5-18(6-4-16)31-23(24,25)26/h2-11,14,27H,12-13H2,1H3,(H,28,29). The van der Waals surface area contributed by atoms with Crippen molar-refractivity contribution in [2.75, 3.05) is 12.3 Å². The first kappa shape index (κ1) is 24.8. The molecule has 0 unspecified atom stereocenters. The van der Waals surface area contributed by atoms with E-state index in [1.54, 1.807) is 43.0 Å². The molecule has 0 saturated carbocycles. The Morgan fingerprint density at radius 2 is 1.52 bits per heavy atom. The molecular weight excluding hydrogens is 475 g/mol. The molecule has 0 aliphatic heterocycles. The lowest BCUT2D eigenvalue weighted by Crippen LogP contribution is -2.16. The number of ether oxygens (including phenoxy) is 2. The molecule has 0 aliphatic rings. The van der Waals surface area contributed by atoms with Gasteiger partial charge in [0.1, 0.15) is 17.2 Å². The first-order valence-corrected chi connectivity index (χ1v) is 11.5. The van der Waals surface area contributed by atoms with Gasteiger partial charge in [0.25, 0.3) is 0 Å². The van der Waals surface area contributed by atoms with Gasteiger partial charge in [0.2, 0.25) is 0 Å². The summed E-state index contributed by atoms with van der Waals surface area (Å²) in [4.78, 5) is 13.1. The molecule has 174 valence electrons. The normalized spacial score (nSPS) is 11.3. The van der Waals surface area contributed by atoms with Crippen LogP contribution in [-0.2, 0) is 0 Å². The Morgan fingerprint density at radius 3 is 2.12 bits per heavy atom. The van der Waals surface area contributed by atoms with E-state index in [1.807, 2.05) is 18.2 Å². The van der Waals surface area contributed by atoms with E-state index in [1.165, 1.54) is 36.2 Å². The Bertz CT molecular complexity index is 1070. The Hall–Kier alpha value is -2.82. The highest BCUT2D eigenvalue weighted by atomic mass is 32.2. The molecule has 0 bridgehead atoms. The van der Waals surface area contributed by atoms with Crippen molar-refractivity contribution in [3.63, 3.8) is 0 Å². The van der Waals surface area contributed by atoms with Crippen molar-refractivity contribution < 1.29 is 32.5 Å². The minimum absolute atomic E-state index is 0.295. The second-order valence-electron chi connectivity index (χ2n) is 6.72. The third kappa shape index (κ3) is 8.23. The summed E-state index contributed by atoms with van der Waals surface area (Å²) in [5.74, 6) is 0.508. The first-order valence-electron chi connectivity index (χ1n) is 9.70. The van der Waals surface area contributed by atoms with Crippen LogP contribution in [0.1, 0.15) is 15.9 Å². The van der Waals surface area contributed by atoms with Crippen molar-refractivity contribution in [1.82, 2.24) is 4.72 Å². The van der Waals surface area contributed by atoms with E-state index in [0.29, 0.717) is 23.6 Å². The number of carboxylic acid groups (broad SMARTS) is 1. The molecule has 3 rings (SSSR count). The first-order chi connectivity index (χ1) is 15.7. The van der Waals surface area contributed by atoms with Gasteiger partial charge in [-0.2, -0.15) is 0 Å². The maximum absolute atomic E-state index is 12.2. The predicted octanol–water partition coefficient (Wildman–Crippen LogP) is 6.77. The fourth-order valence-corrected chi connectivity index (χ4v) is 4.27. The smallest absolute Gasteiger partial charge is 0.478 e. The molecule has 3 aromatic rings. The molecule has 2 N–H and O–H groups in total. The van der Waals surface area contributed by atoms with Crippen molar-refractivity contribution >= 4 is 29.7 Å². The molecule has 0 saturated heterocycles. The second-order valence-corrected chi connectivity index (χ2v) is 8.85. The molecule has 0 spiro atoms. The number of thioether (sulfide) groups is 1. The number of alkyl halides is 3. The van der Waals surface area contributed by atoms with Gasteiger partial charge in [-0.1, -0.05) is 6.07 Å². The van der Waals surface area contributed by atoms with E-state index in [2.05, 4.69) is 9.46 Å². The fraction of sp³-hybridized carbons (Fsp3) is 0.174. The average Bonchev–Trinajstić information content (AvgIpc) is 2.76. The topological polar surface area (TPSA) is 67.8 Å². The molecule has 0 amide bonds. The number of aryl methyl sites for hydroxylation is 1. The summed E-state index contributed by atoms with van der Waals surface area (Å²) in [5.41, 5.74) is 1.02. The summed E-state index contributed by atoms with van der Waals surface area (Å²) in [7, 11) is 0. The van der Waals surface area contributed by atoms with Crippen LogP contribution in [0.25, 0.3) is 0 Å². The Balaban J connectivity index is 1.41. The molecule has 5 nitrogen and oxygen atoms in total. The average molecular weight is 496 g/mol. The van der Waals surface area contributed by atoms with Crippen molar-refractivity contribution in [1.29, 1.82) is 0 Å². The minimum Gasteiger partial charge on any atom is -0.478 e. The van der Waals surface area contributed by atoms with Crippen LogP contribution in [0.3, 0.4) is 0 Å². The van der Waals surface area contributed by atoms with Gasteiger partial charge in [-0.15, -0.1) is 24.9 Å². The quantitative estimate of drug-likeness (QED) is 0.183. The monoisotopic (exact) mass is 495 g/mol. The van der Waals surface area contributed by atoms with Gasteiger partial charge in [-0.25, -0.2) is 4.79 Å². The molecule has 0 atom stereocenters. The molecule has 0 aromatic heterocycles. The highest BCUT2D eigenvalue weighted by Crippen LogP contribution is 2.29. The van der Waals surface area contributed by atoms with Crippen molar-refractivity contribution in [2.24, 2.45) is 0 Å². The summed E-state index contributed by atoms with van der Waals surface area (Å²) in [6.07, 6.45) is -4.73. The molecule has 0 radical (unpaired) electrons. The zero-order valence-corrected chi connectivity index (χ0v) is 19.0. The highest BCUT2D eigenvalue weighted by molar-refractivity contribution is 7.99. The number of halogens is 3. The zero-order chi connectivity index (χ0) is 23.8. The van der Waals surface area contributed by atoms with E-state index in [0.717, 1.165) is 21.1 Å². The van der Waals surface area contributed by atoms with Crippen molar-refractivity contribution in [2.45, 2.75) is 23.1 Å². The van der Waals surface area contributed by atoms with Gasteiger partial charge in [0.05, 0.1) is 5.56 Å². The lowest BCUT2D eigenvalue weighted by Gasteiger charge is -2.10. The van der Waals surface area contributed by atoms with Crippen molar-refractivity contribution in [3.8, 4) is 17.2 Å². The summed E-state index contributed by atoms with van der Waals surface area (Å²) in [6, 6.07) is 17.9. The number of benzene rings is 3. The van der Waals surface area contributed by atoms with Crippen LogP contribution in [0, 0.1) is 6.92 Å². The van der Waals surface area contributed by atoms with Gasteiger partial charge < -0.3 is 14.6 Å². The van der Waals surface area contributed by atoms with Crippen LogP contribution in [0.5, 0.6) is 17.2 Å². The maximum Gasteiger partial charge on any atom is 0.573 e. The van der Waals surface area contributed by atoms with Crippen LogP contribution in [0.2, 0.25) is 0 Å². The number of hydrogen-bond donors (Lipinski definition) is 2. The molecule has 10 heteroatoms. The predicted molar refractivity (Wildman–Crippen MR) is 122 cm³/mol. The molecular formula is C23H20F3NO4S2. The van der Waals surface area contributed by atoms with Gasteiger partial charge in [-0.05, 0) is 85.1 Å². The SMILES string of the molecule is Cc1ccc(SNCCSc2ccc(Oc3ccc(OC(F)(F)F)cc3)cc2)cc1C(=O)O. The van der Waals surface area contributed by atoms with Crippen LogP contribution in [0.15, 0.2) is 76.5 Å². The fourth-order valence-electron chi connectivity index (χ4n) is 2.69. The van der Waals surface area contributed by atoms with Gasteiger partial charge in [0, 0.05) is 22.1 Å². The second kappa shape index (κ2) is 11.4. The number of rotatable bonds is 10. The summed E-state index contributed by atoms with van der Waals surface area (Å²) in [6.45, 7) is 2.47. The van der Waals surface area contributed by atoms with Crippen LogP contribution >= 0.6 is 23.7 Å². The Morgan fingerprint density at radius 1 is 0.939 bits per heavy atom. The third-order valence-corrected chi connectivity index (χ3v) is 6.07. The summed E-state index contributed by atoms with van der Waals surface area (Å²) < 4.78 is 49.3. The van der Waals surface area contributed by atoms with Crippen LogP contribution in [-0.4, -0.2) is 29.7 Å². The molecule has 0 fully saturated rings. The Labute approximate surface area is 197 Å². The van der Waals surface area contributed by atoms with E-state index in [-0.39, 0.29) is 5.75 Å². The third-order valence-electron chi connectivity index (χ3n) is 4.22. The van der Waals surface area contributed by atoms with Gasteiger partial charge >= 0.3 is 12.3 Å². The minimum atomic E-state index is -4.73. The van der Waals surface area contributed by atoms with Gasteiger partial charge in [0.15, 0.2) is 0 Å². The van der Waals surface area contributed by atoms with Crippen LogP contribution < -0.4 is 14.2 Å². The summed E-state index contributed by atoms with van der Waals surface area (Å²) in [5, 5.41) is 9.19. The zero-order valence-electron chi connectivity index (χ0n) is 17.4. The lowest BCUT2D eigenvalue weighted by molar-refractivity contribution is -0.274. The number of nitrogens with one attached hydrogen (secondary N) is 1. The number of aromatic carboxylic acids is 1.